The SMILES string of the molecule is C[C@@H]1CN(C(=O)c2cc(-c3ccccc3)c(N3CCOCC3)s2)C[C@H](C)O1. The molecule has 1 aromatic heterocycles. The lowest BCUT2D eigenvalue weighted by atomic mass is 10.1. The number of ether oxygens (including phenoxy) is 2. The van der Waals surface area contributed by atoms with E-state index < -0.39 is 0 Å². The first-order valence-corrected chi connectivity index (χ1v) is 10.4. The minimum absolute atomic E-state index is 0.0740. The van der Waals surface area contributed by atoms with Crippen molar-refractivity contribution in [1.29, 1.82) is 0 Å². The lowest BCUT2D eigenvalue weighted by molar-refractivity contribution is -0.0585. The second-order valence-corrected chi connectivity index (χ2v) is 8.29. The van der Waals surface area contributed by atoms with Gasteiger partial charge in [0.2, 0.25) is 0 Å². The van der Waals surface area contributed by atoms with Crippen LogP contribution in [0.5, 0.6) is 0 Å². The van der Waals surface area contributed by atoms with Crippen molar-refractivity contribution in [3.63, 3.8) is 0 Å². The number of anilines is 1. The van der Waals surface area contributed by atoms with Gasteiger partial charge in [-0.3, -0.25) is 4.79 Å². The standard InChI is InChI=1S/C21H26N2O3S/c1-15-13-23(14-16(2)26-15)20(24)19-12-18(17-6-4-3-5-7-17)21(27-19)22-8-10-25-11-9-22/h3-7,12,15-16H,8-11,13-14H2,1-2H3/t15-,16+. The first-order chi connectivity index (χ1) is 13.1. The molecule has 6 heteroatoms. The van der Waals surface area contributed by atoms with E-state index in [2.05, 4.69) is 23.1 Å². The number of morpholine rings is 2. The van der Waals surface area contributed by atoms with Gasteiger partial charge in [-0.1, -0.05) is 30.3 Å². The maximum Gasteiger partial charge on any atom is 0.264 e. The number of amides is 1. The second-order valence-electron chi connectivity index (χ2n) is 7.26. The van der Waals surface area contributed by atoms with E-state index >= 15 is 0 Å². The van der Waals surface area contributed by atoms with E-state index in [0.717, 1.165) is 42.3 Å². The smallest absolute Gasteiger partial charge is 0.264 e. The molecule has 0 saturated carbocycles. The average Bonchev–Trinajstić information content (AvgIpc) is 3.13. The van der Waals surface area contributed by atoms with Crippen LogP contribution in [-0.4, -0.2) is 62.4 Å². The zero-order valence-electron chi connectivity index (χ0n) is 15.9. The number of rotatable bonds is 3. The normalized spacial score (nSPS) is 23.5. The Morgan fingerprint density at radius 2 is 1.74 bits per heavy atom. The fourth-order valence-corrected chi connectivity index (χ4v) is 5.01. The number of hydrogen-bond donors (Lipinski definition) is 0. The molecule has 1 amide bonds. The van der Waals surface area contributed by atoms with E-state index in [1.807, 2.05) is 36.9 Å². The van der Waals surface area contributed by atoms with Crippen LogP contribution >= 0.6 is 11.3 Å². The highest BCUT2D eigenvalue weighted by Gasteiger charge is 2.29. The van der Waals surface area contributed by atoms with Gasteiger partial charge in [0.05, 0.1) is 35.3 Å². The fraction of sp³-hybridized carbons (Fsp3) is 0.476. The molecule has 2 fully saturated rings. The number of benzene rings is 1. The summed E-state index contributed by atoms with van der Waals surface area (Å²) in [6.07, 6.45) is 0.148. The maximum atomic E-state index is 13.2. The first-order valence-electron chi connectivity index (χ1n) is 9.58. The van der Waals surface area contributed by atoms with Crippen molar-refractivity contribution in [3.05, 3.63) is 41.3 Å². The van der Waals surface area contributed by atoms with Crippen LogP contribution in [0, 0.1) is 0 Å². The molecule has 2 saturated heterocycles. The first kappa shape index (κ1) is 18.5. The Balaban J connectivity index is 1.67. The zero-order valence-corrected chi connectivity index (χ0v) is 16.7. The molecule has 0 spiro atoms. The zero-order chi connectivity index (χ0) is 18.8. The topological polar surface area (TPSA) is 42.0 Å². The van der Waals surface area contributed by atoms with Crippen molar-refractivity contribution in [2.45, 2.75) is 26.1 Å². The Morgan fingerprint density at radius 3 is 2.41 bits per heavy atom. The Hall–Kier alpha value is -1.89. The van der Waals surface area contributed by atoms with Gasteiger partial charge < -0.3 is 19.3 Å². The molecule has 3 heterocycles. The Kier molecular flexibility index (Phi) is 5.48. The third-order valence-corrected chi connectivity index (χ3v) is 6.20. The van der Waals surface area contributed by atoms with Gasteiger partial charge in [0.25, 0.3) is 5.91 Å². The molecule has 4 rings (SSSR count). The van der Waals surface area contributed by atoms with Crippen LogP contribution in [0.25, 0.3) is 11.1 Å². The summed E-state index contributed by atoms with van der Waals surface area (Å²) in [4.78, 5) is 18.3. The summed E-state index contributed by atoms with van der Waals surface area (Å²) in [5.41, 5.74) is 2.29. The Morgan fingerprint density at radius 1 is 1.07 bits per heavy atom. The van der Waals surface area contributed by atoms with Gasteiger partial charge >= 0.3 is 0 Å². The van der Waals surface area contributed by atoms with E-state index in [-0.39, 0.29) is 18.1 Å². The molecule has 2 aromatic rings. The predicted molar refractivity (Wildman–Crippen MR) is 109 cm³/mol. The van der Waals surface area contributed by atoms with Crippen LogP contribution < -0.4 is 4.90 Å². The van der Waals surface area contributed by atoms with Crippen molar-refractivity contribution < 1.29 is 14.3 Å². The lowest BCUT2D eigenvalue weighted by Crippen LogP contribution is -2.48. The largest absolute Gasteiger partial charge is 0.378 e. The summed E-state index contributed by atoms with van der Waals surface area (Å²) in [7, 11) is 0. The molecule has 1 aromatic carbocycles. The molecule has 2 aliphatic heterocycles. The van der Waals surface area contributed by atoms with Gasteiger partial charge in [-0.25, -0.2) is 0 Å². The summed E-state index contributed by atoms with van der Waals surface area (Å²) < 4.78 is 11.3. The highest BCUT2D eigenvalue weighted by Crippen LogP contribution is 2.40. The molecule has 2 aliphatic rings. The van der Waals surface area contributed by atoms with Crippen LogP contribution in [0.1, 0.15) is 23.5 Å². The molecular weight excluding hydrogens is 360 g/mol. The summed E-state index contributed by atoms with van der Waals surface area (Å²) in [5, 5.41) is 1.17. The molecular formula is C21H26N2O3S. The minimum Gasteiger partial charge on any atom is -0.378 e. The summed E-state index contributed by atoms with van der Waals surface area (Å²) in [6.45, 7) is 8.53. The third-order valence-electron chi connectivity index (χ3n) is 5.01. The summed E-state index contributed by atoms with van der Waals surface area (Å²) >= 11 is 1.60. The quantitative estimate of drug-likeness (QED) is 0.810. The lowest BCUT2D eigenvalue weighted by Gasteiger charge is -2.35. The highest BCUT2D eigenvalue weighted by atomic mass is 32.1. The van der Waals surface area contributed by atoms with E-state index in [0.29, 0.717) is 13.1 Å². The van der Waals surface area contributed by atoms with E-state index in [1.165, 1.54) is 5.00 Å². The number of carbonyl (C=O) groups is 1. The molecule has 0 aliphatic carbocycles. The molecule has 2 atom stereocenters. The van der Waals surface area contributed by atoms with Crippen molar-refractivity contribution in [2.75, 3.05) is 44.3 Å². The molecule has 0 radical (unpaired) electrons. The van der Waals surface area contributed by atoms with E-state index in [9.17, 15) is 4.79 Å². The molecule has 0 N–H and O–H groups in total. The Labute approximate surface area is 164 Å². The van der Waals surface area contributed by atoms with Crippen LogP contribution in [0.15, 0.2) is 36.4 Å². The second kappa shape index (κ2) is 8.00. The molecule has 144 valence electrons. The van der Waals surface area contributed by atoms with Gasteiger partial charge in [-0.05, 0) is 25.5 Å². The monoisotopic (exact) mass is 386 g/mol. The maximum absolute atomic E-state index is 13.2. The van der Waals surface area contributed by atoms with Gasteiger partial charge in [0.1, 0.15) is 0 Å². The Bertz CT molecular complexity index is 776. The third kappa shape index (κ3) is 4.03. The molecule has 0 unspecified atom stereocenters. The number of hydrogen-bond acceptors (Lipinski definition) is 5. The fourth-order valence-electron chi connectivity index (χ4n) is 3.81. The summed E-state index contributed by atoms with van der Waals surface area (Å²) in [6, 6.07) is 12.4. The number of nitrogens with zero attached hydrogens (tertiary/aromatic N) is 2. The van der Waals surface area contributed by atoms with Gasteiger partial charge in [0, 0.05) is 31.7 Å². The predicted octanol–water partition coefficient (Wildman–Crippen LogP) is 3.50. The van der Waals surface area contributed by atoms with Crippen LogP contribution in [0.4, 0.5) is 5.00 Å². The molecule has 5 nitrogen and oxygen atoms in total. The van der Waals surface area contributed by atoms with Crippen molar-refractivity contribution in [1.82, 2.24) is 4.90 Å². The van der Waals surface area contributed by atoms with Gasteiger partial charge in [-0.2, -0.15) is 0 Å². The van der Waals surface area contributed by atoms with Crippen LogP contribution in [0.2, 0.25) is 0 Å². The van der Waals surface area contributed by atoms with Gasteiger partial charge in [0.15, 0.2) is 0 Å². The van der Waals surface area contributed by atoms with Crippen LogP contribution in [0.3, 0.4) is 0 Å². The van der Waals surface area contributed by atoms with E-state index in [1.54, 1.807) is 11.3 Å². The minimum atomic E-state index is 0.0740. The molecule has 27 heavy (non-hydrogen) atoms. The van der Waals surface area contributed by atoms with Crippen molar-refractivity contribution in [2.24, 2.45) is 0 Å². The highest BCUT2D eigenvalue weighted by molar-refractivity contribution is 7.18. The van der Waals surface area contributed by atoms with Crippen molar-refractivity contribution >= 4 is 22.2 Å². The average molecular weight is 387 g/mol. The number of thiophene rings is 1. The van der Waals surface area contributed by atoms with Crippen LogP contribution in [-0.2, 0) is 9.47 Å². The van der Waals surface area contributed by atoms with E-state index in [4.69, 9.17) is 9.47 Å². The summed E-state index contributed by atoms with van der Waals surface area (Å²) in [5.74, 6) is 0.110. The van der Waals surface area contributed by atoms with Crippen molar-refractivity contribution in [3.8, 4) is 11.1 Å². The number of carbonyl (C=O) groups excluding carboxylic acids is 1. The van der Waals surface area contributed by atoms with Gasteiger partial charge in [-0.15, -0.1) is 11.3 Å². The molecule has 0 bridgehead atoms.